The largest absolute Gasteiger partial charge is 0.420 e. The Kier molecular flexibility index (Phi) is 7.23. The van der Waals surface area contributed by atoms with Crippen molar-refractivity contribution in [2.24, 2.45) is 5.92 Å². The number of aromatic amines is 1. The molecule has 1 aliphatic rings. The molecule has 6 heteroatoms. The molecule has 4 rings (SSSR count). The van der Waals surface area contributed by atoms with Crippen molar-refractivity contribution in [3.63, 3.8) is 0 Å². The number of carbonyl (C=O) groups excluding carboxylic acids is 1. The van der Waals surface area contributed by atoms with E-state index in [2.05, 4.69) is 71.9 Å². The van der Waals surface area contributed by atoms with Gasteiger partial charge in [-0.1, -0.05) is 38.0 Å². The molecule has 0 bridgehead atoms. The van der Waals surface area contributed by atoms with Gasteiger partial charge in [-0.15, -0.1) is 0 Å². The van der Waals surface area contributed by atoms with Crippen LogP contribution in [0.25, 0.3) is 10.9 Å². The number of fused-ring (bicyclic) bond motifs is 1. The van der Waals surface area contributed by atoms with E-state index in [-0.39, 0.29) is 11.3 Å². The molecule has 33 heavy (non-hydrogen) atoms. The van der Waals surface area contributed by atoms with Crippen molar-refractivity contribution in [3.05, 3.63) is 48.0 Å². The molecule has 178 valence electrons. The fourth-order valence-electron chi connectivity index (χ4n) is 4.85. The zero-order valence-electron chi connectivity index (χ0n) is 20.6. The first-order chi connectivity index (χ1) is 15.8. The lowest BCUT2D eigenvalue weighted by Gasteiger charge is -2.41. The summed E-state index contributed by atoms with van der Waals surface area (Å²) in [5, 5.41) is 1.25. The SMILES string of the molecule is CCCCC(CC(=O)c1cnc(N2CCN(C(C)(C)C)CC2)o1)Cc1c[nH]c2ccccc12. The van der Waals surface area contributed by atoms with E-state index in [0.29, 0.717) is 24.1 Å². The second-order valence-electron chi connectivity index (χ2n) is 10.4. The molecular weight excluding hydrogens is 412 g/mol. The van der Waals surface area contributed by atoms with Gasteiger partial charge in [-0.3, -0.25) is 9.69 Å². The molecule has 0 saturated carbocycles. The fraction of sp³-hybridized carbons (Fsp3) is 0.556. The molecule has 3 aromatic rings. The van der Waals surface area contributed by atoms with Crippen LogP contribution in [-0.2, 0) is 6.42 Å². The summed E-state index contributed by atoms with van der Waals surface area (Å²) in [5.74, 6) is 0.743. The zero-order valence-corrected chi connectivity index (χ0v) is 20.6. The molecule has 0 radical (unpaired) electrons. The van der Waals surface area contributed by atoms with Gasteiger partial charge in [-0.2, -0.15) is 0 Å². The van der Waals surface area contributed by atoms with Crippen molar-refractivity contribution in [2.75, 3.05) is 31.1 Å². The number of H-pyrrole nitrogens is 1. The van der Waals surface area contributed by atoms with E-state index < -0.39 is 0 Å². The average Bonchev–Trinajstić information content (AvgIpc) is 3.45. The van der Waals surface area contributed by atoms with Gasteiger partial charge in [0.25, 0.3) is 6.01 Å². The number of aromatic nitrogens is 2. The Morgan fingerprint density at radius 2 is 1.94 bits per heavy atom. The summed E-state index contributed by atoms with van der Waals surface area (Å²) in [4.78, 5) is 25.6. The Balaban J connectivity index is 1.40. The number of carbonyl (C=O) groups is 1. The Morgan fingerprint density at radius 3 is 2.67 bits per heavy atom. The van der Waals surface area contributed by atoms with Crippen molar-refractivity contribution in [1.29, 1.82) is 0 Å². The van der Waals surface area contributed by atoms with Crippen LogP contribution in [0.4, 0.5) is 6.01 Å². The van der Waals surface area contributed by atoms with Gasteiger partial charge in [-0.05, 0) is 51.2 Å². The number of ketones is 1. The molecule has 1 fully saturated rings. The first-order valence-electron chi connectivity index (χ1n) is 12.4. The maximum absolute atomic E-state index is 13.1. The number of hydrogen-bond acceptors (Lipinski definition) is 5. The molecule has 0 amide bonds. The van der Waals surface area contributed by atoms with Crippen LogP contribution in [0.5, 0.6) is 0 Å². The standard InChI is InChI=1S/C27H38N4O2/c1-5-6-9-20(16-21-18-28-23-11-8-7-10-22(21)23)17-24(32)25-19-29-26(33-25)30-12-14-31(15-13-30)27(2,3)4/h7-8,10-11,18-20,28H,5-6,9,12-17H2,1-4H3. The first kappa shape index (κ1) is 23.6. The predicted octanol–water partition coefficient (Wildman–Crippen LogP) is 5.70. The number of nitrogens with one attached hydrogen (secondary N) is 1. The van der Waals surface area contributed by atoms with Crippen molar-refractivity contribution in [3.8, 4) is 0 Å². The highest BCUT2D eigenvalue weighted by Crippen LogP contribution is 2.27. The van der Waals surface area contributed by atoms with Gasteiger partial charge in [0.2, 0.25) is 0 Å². The number of piperazine rings is 1. The number of hydrogen-bond donors (Lipinski definition) is 1. The lowest BCUT2D eigenvalue weighted by molar-refractivity contribution is 0.0930. The Labute approximate surface area is 197 Å². The molecule has 1 atom stereocenters. The highest BCUT2D eigenvalue weighted by atomic mass is 16.4. The molecule has 1 N–H and O–H groups in total. The molecule has 0 spiro atoms. The quantitative estimate of drug-likeness (QED) is 0.424. The van der Waals surface area contributed by atoms with E-state index in [1.807, 2.05) is 6.07 Å². The summed E-state index contributed by atoms with van der Waals surface area (Å²) in [5.41, 5.74) is 2.61. The Morgan fingerprint density at radius 1 is 1.18 bits per heavy atom. The zero-order chi connectivity index (χ0) is 23.4. The van der Waals surface area contributed by atoms with Crippen molar-refractivity contribution in [2.45, 2.75) is 65.3 Å². The van der Waals surface area contributed by atoms with Gasteiger partial charge < -0.3 is 14.3 Å². The van der Waals surface area contributed by atoms with Crippen molar-refractivity contribution >= 4 is 22.7 Å². The van der Waals surface area contributed by atoms with Crippen molar-refractivity contribution in [1.82, 2.24) is 14.9 Å². The Hall–Kier alpha value is -2.60. The van der Waals surface area contributed by atoms with Gasteiger partial charge >= 0.3 is 0 Å². The van der Waals surface area contributed by atoms with Gasteiger partial charge in [0, 0.05) is 55.2 Å². The van der Waals surface area contributed by atoms with Gasteiger partial charge in [0.15, 0.2) is 11.5 Å². The van der Waals surface area contributed by atoms with Crippen LogP contribution >= 0.6 is 0 Å². The van der Waals surface area contributed by atoms with Gasteiger partial charge in [0.1, 0.15) is 0 Å². The second-order valence-corrected chi connectivity index (χ2v) is 10.4. The maximum Gasteiger partial charge on any atom is 0.297 e. The molecule has 1 aromatic carbocycles. The van der Waals surface area contributed by atoms with Gasteiger partial charge in [0.05, 0.1) is 6.20 Å². The summed E-state index contributed by atoms with van der Waals surface area (Å²) in [7, 11) is 0. The summed E-state index contributed by atoms with van der Waals surface area (Å²) in [6.07, 6.45) is 8.40. The number of para-hydroxylation sites is 1. The summed E-state index contributed by atoms with van der Waals surface area (Å²) < 4.78 is 5.96. The van der Waals surface area contributed by atoms with Crippen LogP contribution in [0, 0.1) is 5.92 Å². The van der Waals surface area contributed by atoms with E-state index in [0.717, 1.165) is 57.4 Å². The lowest BCUT2D eigenvalue weighted by atomic mass is 9.89. The number of anilines is 1. The molecule has 2 aromatic heterocycles. The van der Waals surface area contributed by atoms with Crippen LogP contribution in [0.1, 0.15) is 69.5 Å². The second kappa shape index (κ2) is 10.1. The molecule has 1 saturated heterocycles. The normalized spacial score (nSPS) is 16.4. The van der Waals surface area contributed by atoms with Crippen LogP contribution in [-0.4, -0.2) is 52.4 Å². The summed E-state index contributed by atoms with van der Waals surface area (Å²) in [6.45, 7) is 12.6. The first-order valence-corrected chi connectivity index (χ1v) is 12.4. The van der Waals surface area contributed by atoms with Crippen molar-refractivity contribution < 1.29 is 9.21 Å². The number of nitrogens with zero attached hydrogens (tertiary/aromatic N) is 3. The topological polar surface area (TPSA) is 65.4 Å². The molecule has 3 heterocycles. The maximum atomic E-state index is 13.1. The third kappa shape index (κ3) is 5.67. The minimum absolute atomic E-state index is 0.0584. The molecule has 6 nitrogen and oxygen atoms in total. The number of oxazole rings is 1. The monoisotopic (exact) mass is 450 g/mol. The number of Topliss-reactive ketones (excluding diaryl/α,β-unsaturated/α-hetero) is 1. The molecule has 1 aliphatic heterocycles. The van der Waals surface area contributed by atoms with Crippen LogP contribution < -0.4 is 4.90 Å². The Bertz CT molecular complexity index is 1050. The molecular formula is C27H38N4O2. The minimum Gasteiger partial charge on any atom is -0.420 e. The number of unbranched alkanes of at least 4 members (excludes halogenated alkanes) is 1. The van der Waals surface area contributed by atoms with Gasteiger partial charge in [-0.25, -0.2) is 4.98 Å². The van der Waals surface area contributed by atoms with Crippen LogP contribution in [0.15, 0.2) is 41.1 Å². The van der Waals surface area contributed by atoms with E-state index in [1.54, 1.807) is 6.20 Å². The van der Waals surface area contributed by atoms with E-state index >= 15 is 0 Å². The third-order valence-electron chi connectivity index (χ3n) is 6.89. The minimum atomic E-state index is 0.0584. The highest BCUT2D eigenvalue weighted by Gasteiger charge is 2.28. The fourth-order valence-corrected chi connectivity index (χ4v) is 4.85. The van der Waals surface area contributed by atoms with Crippen LogP contribution in [0.3, 0.4) is 0 Å². The number of benzene rings is 1. The lowest BCUT2D eigenvalue weighted by Crippen LogP contribution is -2.53. The van der Waals surface area contributed by atoms with E-state index in [4.69, 9.17) is 4.42 Å². The molecule has 0 aliphatic carbocycles. The average molecular weight is 451 g/mol. The smallest absolute Gasteiger partial charge is 0.297 e. The van der Waals surface area contributed by atoms with E-state index in [1.165, 1.54) is 10.9 Å². The molecule has 1 unspecified atom stereocenters. The highest BCUT2D eigenvalue weighted by molar-refractivity contribution is 5.93. The predicted molar refractivity (Wildman–Crippen MR) is 134 cm³/mol. The van der Waals surface area contributed by atoms with Crippen LogP contribution in [0.2, 0.25) is 0 Å². The summed E-state index contributed by atoms with van der Waals surface area (Å²) >= 11 is 0. The van der Waals surface area contributed by atoms with E-state index in [9.17, 15) is 4.79 Å². The summed E-state index contributed by atoms with van der Waals surface area (Å²) in [6, 6.07) is 8.95. The number of rotatable bonds is 9. The third-order valence-corrected chi connectivity index (χ3v) is 6.89.